The Morgan fingerprint density at radius 3 is 2.68 bits per heavy atom. The summed E-state index contributed by atoms with van der Waals surface area (Å²) < 4.78 is 29.9. The summed E-state index contributed by atoms with van der Waals surface area (Å²) in [7, 11) is -3.63. The van der Waals surface area contributed by atoms with Crippen LogP contribution >= 0.6 is 15.9 Å². The quantitative estimate of drug-likeness (QED) is 0.763. The van der Waals surface area contributed by atoms with Gasteiger partial charge < -0.3 is 9.84 Å². The maximum absolute atomic E-state index is 12.1. The lowest BCUT2D eigenvalue weighted by atomic mass is 10.2. The smallest absolute Gasteiger partial charge is 0.337 e. The molecule has 7 heteroatoms. The van der Waals surface area contributed by atoms with Crippen LogP contribution in [0.4, 0.5) is 0 Å². The maximum atomic E-state index is 12.1. The predicted octanol–water partition coefficient (Wildman–Crippen LogP) is 2.35. The highest BCUT2D eigenvalue weighted by atomic mass is 79.9. The second-order valence-electron chi connectivity index (χ2n) is 3.81. The number of hydrogen-bond donors (Lipinski definition) is 1. The van der Waals surface area contributed by atoms with Gasteiger partial charge in [0.2, 0.25) is 0 Å². The normalized spacial score (nSPS) is 11.5. The highest BCUT2D eigenvalue weighted by Crippen LogP contribution is 2.23. The van der Waals surface area contributed by atoms with Gasteiger partial charge in [-0.25, -0.2) is 13.2 Å². The molecule has 1 aromatic carbocycles. The summed E-state index contributed by atoms with van der Waals surface area (Å²) in [6, 6.07) is 4.10. The van der Waals surface area contributed by atoms with Crippen LogP contribution in [0.2, 0.25) is 0 Å². The van der Waals surface area contributed by atoms with E-state index in [-0.39, 0.29) is 16.2 Å². The summed E-state index contributed by atoms with van der Waals surface area (Å²) in [5.74, 6) is -1.39. The van der Waals surface area contributed by atoms with E-state index >= 15 is 0 Å². The number of carboxylic acids is 1. The third-order valence-corrected chi connectivity index (χ3v) is 4.74. The predicted molar refractivity (Wildman–Crippen MR) is 74.3 cm³/mol. The summed E-state index contributed by atoms with van der Waals surface area (Å²) in [6.07, 6.45) is 0.335. The Labute approximate surface area is 120 Å². The van der Waals surface area contributed by atoms with Crippen molar-refractivity contribution in [2.24, 2.45) is 0 Å². The van der Waals surface area contributed by atoms with Crippen molar-refractivity contribution in [1.82, 2.24) is 0 Å². The van der Waals surface area contributed by atoms with E-state index in [9.17, 15) is 13.2 Å². The van der Waals surface area contributed by atoms with Gasteiger partial charge in [0.05, 0.1) is 16.2 Å². The standard InChI is InChI=1S/C12H15BrO5S/c1-2-18-6-3-7-19(16,17)11-8-9(13)4-5-10(11)12(14)15/h4-5,8H,2-3,6-7H2,1H3,(H,14,15). The number of halogens is 1. The molecule has 0 saturated carbocycles. The number of rotatable bonds is 7. The first-order valence-electron chi connectivity index (χ1n) is 5.72. The van der Waals surface area contributed by atoms with E-state index in [1.807, 2.05) is 6.92 Å². The summed E-state index contributed by atoms with van der Waals surface area (Å²) in [5, 5.41) is 9.03. The zero-order chi connectivity index (χ0) is 14.5. The largest absolute Gasteiger partial charge is 0.478 e. The number of hydrogen-bond acceptors (Lipinski definition) is 4. The van der Waals surface area contributed by atoms with E-state index in [1.165, 1.54) is 18.2 Å². The zero-order valence-electron chi connectivity index (χ0n) is 10.4. The highest BCUT2D eigenvalue weighted by molar-refractivity contribution is 9.10. The van der Waals surface area contributed by atoms with Crippen LogP contribution in [0.3, 0.4) is 0 Å². The van der Waals surface area contributed by atoms with Crippen molar-refractivity contribution in [3.05, 3.63) is 28.2 Å². The van der Waals surface area contributed by atoms with Gasteiger partial charge in [0.1, 0.15) is 0 Å². The van der Waals surface area contributed by atoms with Crippen molar-refractivity contribution in [2.75, 3.05) is 19.0 Å². The number of carboxylic acid groups (broad SMARTS) is 1. The molecule has 0 unspecified atom stereocenters. The van der Waals surface area contributed by atoms with Crippen LogP contribution < -0.4 is 0 Å². The minimum absolute atomic E-state index is 0.135. The molecule has 0 atom stereocenters. The first kappa shape index (κ1) is 16.1. The molecule has 1 rings (SSSR count). The summed E-state index contributed by atoms with van der Waals surface area (Å²) >= 11 is 3.15. The molecule has 1 N–H and O–H groups in total. The van der Waals surface area contributed by atoms with Gasteiger partial charge in [-0.2, -0.15) is 0 Å². The fraction of sp³-hybridized carbons (Fsp3) is 0.417. The van der Waals surface area contributed by atoms with Crippen molar-refractivity contribution in [3.8, 4) is 0 Å². The molecule has 0 bridgehead atoms. The van der Waals surface area contributed by atoms with Crippen molar-refractivity contribution in [3.63, 3.8) is 0 Å². The molecule has 0 radical (unpaired) electrons. The molecule has 0 fully saturated rings. The van der Waals surface area contributed by atoms with Crippen molar-refractivity contribution in [2.45, 2.75) is 18.2 Å². The number of benzene rings is 1. The first-order chi connectivity index (χ1) is 8.88. The summed E-state index contributed by atoms with van der Waals surface area (Å²) in [5.41, 5.74) is -0.209. The monoisotopic (exact) mass is 350 g/mol. The molecule has 5 nitrogen and oxygen atoms in total. The zero-order valence-corrected chi connectivity index (χ0v) is 12.8. The molecule has 0 saturated heterocycles. The Balaban J connectivity index is 3.00. The van der Waals surface area contributed by atoms with Gasteiger partial charge >= 0.3 is 5.97 Å². The Morgan fingerprint density at radius 1 is 1.42 bits per heavy atom. The fourth-order valence-electron chi connectivity index (χ4n) is 1.54. The average molecular weight is 351 g/mol. The van der Waals surface area contributed by atoms with Gasteiger partial charge in [-0.1, -0.05) is 15.9 Å². The Hall–Kier alpha value is -0.920. The Bertz CT molecular complexity index is 553. The molecule has 0 aliphatic carbocycles. The number of sulfone groups is 1. The van der Waals surface area contributed by atoms with Crippen LogP contribution in [0.15, 0.2) is 27.6 Å². The molecule has 1 aromatic rings. The van der Waals surface area contributed by atoms with E-state index in [4.69, 9.17) is 9.84 Å². The SMILES string of the molecule is CCOCCCS(=O)(=O)c1cc(Br)ccc1C(=O)O. The lowest BCUT2D eigenvalue weighted by Gasteiger charge is -2.08. The maximum Gasteiger partial charge on any atom is 0.337 e. The minimum Gasteiger partial charge on any atom is -0.478 e. The van der Waals surface area contributed by atoms with Gasteiger partial charge in [0.15, 0.2) is 9.84 Å². The first-order valence-corrected chi connectivity index (χ1v) is 8.16. The molecule has 106 valence electrons. The molecule has 0 amide bonds. The second-order valence-corrected chi connectivity index (χ2v) is 6.81. The van der Waals surface area contributed by atoms with Crippen LogP contribution in [0.1, 0.15) is 23.7 Å². The fourth-order valence-corrected chi connectivity index (χ4v) is 3.56. The van der Waals surface area contributed by atoms with E-state index in [2.05, 4.69) is 15.9 Å². The van der Waals surface area contributed by atoms with E-state index < -0.39 is 15.8 Å². The Morgan fingerprint density at radius 2 is 2.11 bits per heavy atom. The van der Waals surface area contributed by atoms with Crippen LogP contribution in [0.5, 0.6) is 0 Å². The van der Waals surface area contributed by atoms with E-state index in [1.54, 1.807) is 0 Å². The molecular weight excluding hydrogens is 336 g/mol. The highest BCUT2D eigenvalue weighted by Gasteiger charge is 2.22. The topological polar surface area (TPSA) is 80.7 Å². The third-order valence-electron chi connectivity index (χ3n) is 2.41. The van der Waals surface area contributed by atoms with Crippen molar-refractivity contribution in [1.29, 1.82) is 0 Å². The number of aromatic carboxylic acids is 1. The second kappa shape index (κ2) is 7.02. The lowest BCUT2D eigenvalue weighted by molar-refractivity contribution is 0.0692. The van der Waals surface area contributed by atoms with E-state index in [0.29, 0.717) is 24.1 Å². The third kappa shape index (κ3) is 4.59. The number of carbonyl (C=O) groups is 1. The van der Waals surface area contributed by atoms with E-state index in [0.717, 1.165) is 0 Å². The molecule has 0 spiro atoms. The molecular formula is C12H15BrO5S. The summed E-state index contributed by atoms with van der Waals surface area (Å²) in [6.45, 7) is 2.69. The molecule has 0 aromatic heterocycles. The number of ether oxygens (including phenoxy) is 1. The van der Waals surface area contributed by atoms with Crippen molar-refractivity contribution >= 4 is 31.7 Å². The molecule has 0 aliphatic rings. The molecule has 19 heavy (non-hydrogen) atoms. The lowest BCUT2D eigenvalue weighted by Crippen LogP contribution is -2.14. The van der Waals surface area contributed by atoms with Crippen LogP contribution in [-0.4, -0.2) is 38.5 Å². The van der Waals surface area contributed by atoms with Gasteiger partial charge in [-0.05, 0) is 31.5 Å². The summed E-state index contributed by atoms with van der Waals surface area (Å²) in [4.78, 5) is 10.9. The molecule has 0 heterocycles. The average Bonchev–Trinajstić information content (AvgIpc) is 2.34. The minimum atomic E-state index is -3.63. The van der Waals surface area contributed by atoms with Crippen molar-refractivity contribution < 1.29 is 23.1 Å². The molecule has 0 aliphatic heterocycles. The van der Waals surface area contributed by atoms with Crippen LogP contribution in [-0.2, 0) is 14.6 Å². The Kier molecular flexibility index (Phi) is 5.96. The van der Waals surface area contributed by atoms with Gasteiger partial charge in [0.25, 0.3) is 0 Å². The van der Waals surface area contributed by atoms with Crippen LogP contribution in [0.25, 0.3) is 0 Å². The van der Waals surface area contributed by atoms with Gasteiger partial charge in [-0.3, -0.25) is 0 Å². The van der Waals surface area contributed by atoms with Gasteiger partial charge in [0, 0.05) is 17.7 Å². The van der Waals surface area contributed by atoms with Gasteiger partial charge in [-0.15, -0.1) is 0 Å². The van der Waals surface area contributed by atoms with Crippen LogP contribution in [0, 0.1) is 0 Å².